The first kappa shape index (κ1) is 17.4. The van der Waals surface area contributed by atoms with E-state index in [-0.39, 0.29) is 10.8 Å². The van der Waals surface area contributed by atoms with Crippen molar-refractivity contribution in [2.24, 2.45) is 5.14 Å². The average Bonchev–Trinajstić information content (AvgIpc) is 2.47. The van der Waals surface area contributed by atoms with Crippen LogP contribution in [0.2, 0.25) is 0 Å². The highest BCUT2D eigenvalue weighted by Crippen LogP contribution is 2.19. The number of rotatable bonds is 4. The summed E-state index contributed by atoms with van der Waals surface area (Å²) in [6, 6.07) is 12.0. The first-order chi connectivity index (χ1) is 10.8. The largest absolute Gasteiger partial charge is 0.322 e. The molecule has 3 N–H and O–H groups in total. The van der Waals surface area contributed by atoms with Crippen LogP contribution in [0.1, 0.15) is 11.1 Å². The summed E-state index contributed by atoms with van der Waals surface area (Å²) in [7, 11) is -3.82. The smallest absolute Gasteiger partial charge is 0.248 e. The molecule has 0 radical (unpaired) electrons. The molecule has 0 aliphatic heterocycles. The molecule has 0 bridgehead atoms. The second-order valence-corrected chi connectivity index (χ2v) is 7.34. The van der Waals surface area contributed by atoms with Crippen molar-refractivity contribution < 1.29 is 13.2 Å². The number of benzene rings is 2. The summed E-state index contributed by atoms with van der Waals surface area (Å²) >= 11 is 3.34. The molecule has 0 unspecified atom stereocenters. The van der Waals surface area contributed by atoms with Gasteiger partial charge in [0.2, 0.25) is 15.9 Å². The van der Waals surface area contributed by atoms with Crippen molar-refractivity contribution in [3.05, 3.63) is 64.1 Å². The minimum Gasteiger partial charge on any atom is -0.322 e. The van der Waals surface area contributed by atoms with E-state index in [1.54, 1.807) is 25.1 Å². The molecular formula is C16H15BrN2O3S. The van der Waals surface area contributed by atoms with E-state index in [4.69, 9.17) is 5.14 Å². The van der Waals surface area contributed by atoms with Gasteiger partial charge in [0.25, 0.3) is 0 Å². The van der Waals surface area contributed by atoms with Gasteiger partial charge in [0.1, 0.15) is 0 Å². The zero-order valence-corrected chi connectivity index (χ0v) is 14.7. The third-order valence-electron chi connectivity index (χ3n) is 3.06. The fourth-order valence-electron chi connectivity index (χ4n) is 1.91. The monoisotopic (exact) mass is 394 g/mol. The number of anilines is 1. The maximum Gasteiger partial charge on any atom is 0.248 e. The van der Waals surface area contributed by atoms with Crippen LogP contribution in [0.3, 0.4) is 0 Å². The van der Waals surface area contributed by atoms with Crippen LogP contribution in [0, 0.1) is 6.92 Å². The number of amides is 1. The van der Waals surface area contributed by atoms with E-state index in [2.05, 4.69) is 21.2 Å². The third-order valence-corrected chi connectivity index (χ3v) is 4.64. The van der Waals surface area contributed by atoms with Crippen molar-refractivity contribution in [3.63, 3.8) is 0 Å². The SMILES string of the molecule is Cc1ccc(NC(=O)/C=C/c2ccc(Br)cc2)cc1S(N)(=O)=O. The second kappa shape index (κ2) is 7.08. The lowest BCUT2D eigenvalue weighted by Crippen LogP contribution is -2.15. The Morgan fingerprint density at radius 2 is 1.83 bits per heavy atom. The number of nitrogens with two attached hydrogens (primary N) is 1. The minimum atomic E-state index is -3.82. The van der Waals surface area contributed by atoms with Crippen LogP contribution in [-0.2, 0) is 14.8 Å². The van der Waals surface area contributed by atoms with E-state index in [9.17, 15) is 13.2 Å². The van der Waals surface area contributed by atoms with Gasteiger partial charge in [0.15, 0.2) is 0 Å². The fraction of sp³-hybridized carbons (Fsp3) is 0.0625. The van der Waals surface area contributed by atoms with E-state index in [0.29, 0.717) is 11.3 Å². The summed E-state index contributed by atoms with van der Waals surface area (Å²) in [6.45, 7) is 1.64. The molecule has 0 atom stereocenters. The zero-order valence-electron chi connectivity index (χ0n) is 12.3. The van der Waals surface area contributed by atoms with Crippen LogP contribution < -0.4 is 10.5 Å². The van der Waals surface area contributed by atoms with Crippen LogP contribution in [0.5, 0.6) is 0 Å². The van der Waals surface area contributed by atoms with Gasteiger partial charge in [0, 0.05) is 16.2 Å². The van der Waals surface area contributed by atoms with Gasteiger partial charge < -0.3 is 5.32 Å². The highest BCUT2D eigenvalue weighted by Gasteiger charge is 2.12. The Labute approximate surface area is 143 Å². The molecule has 5 nitrogen and oxygen atoms in total. The topological polar surface area (TPSA) is 89.3 Å². The maximum absolute atomic E-state index is 11.9. The Balaban J connectivity index is 2.13. The Bertz CT molecular complexity index is 859. The average molecular weight is 395 g/mol. The molecule has 23 heavy (non-hydrogen) atoms. The van der Waals surface area contributed by atoms with Crippen LogP contribution in [0.4, 0.5) is 5.69 Å². The molecule has 0 saturated heterocycles. The third kappa shape index (κ3) is 5.02. The minimum absolute atomic E-state index is 0.00723. The van der Waals surface area contributed by atoms with E-state index in [1.165, 1.54) is 12.1 Å². The molecule has 2 aromatic rings. The number of aryl methyl sites for hydroxylation is 1. The summed E-state index contributed by atoms with van der Waals surface area (Å²) in [5.41, 5.74) is 1.76. The fourth-order valence-corrected chi connectivity index (χ4v) is 2.99. The van der Waals surface area contributed by atoms with Crippen molar-refractivity contribution in [2.45, 2.75) is 11.8 Å². The van der Waals surface area contributed by atoms with Crippen molar-refractivity contribution in [3.8, 4) is 0 Å². The molecule has 0 aliphatic carbocycles. The van der Waals surface area contributed by atoms with E-state index >= 15 is 0 Å². The number of hydrogen-bond acceptors (Lipinski definition) is 3. The zero-order chi connectivity index (χ0) is 17.0. The van der Waals surface area contributed by atoms with Gasteiger partial charge in [-0.05, 0) is 48.4 Å². The Morgan fingerprint density at radius 1 is 1.17 bits per heavy atom. The van der Waals surface area contributed by atoms with Crippen LogP contribution in [-0.4, -0.2) is 14.3 Å². The Morgan fingerprint density at radius 3 is 2.43 bits per heavy atom. The normalized spacial score (nSPS) is 11.6. The highest BCUT2D eigenvalue weighted by atomic mass is 79.9. The number of hydrogen-bond donors (Lipinski definition) is 2. The summed E-state index contributed by atoms with van der Waals surface area (Å²) in [5, 5.41) is 7.75. The summed E-state index contributed by atoms with van der Waals surface area (Å²) < 4.78 is 23.9. The number of carbonyl (C=O) groups is 1. The van der Waals surface area contributed by atoms with Crippen molar-refractivity contribution in [2.75, 3.05) is 5.32 Å². The standard InChI is InChI=1S/C16H15BrN2O3S/c1-11-2-8-14(10-15(11)23(18,21)22)19-16(20)9-5-12-3-6-13(17)7-4-12/h2-10H,1H3,(H,19,20)(H2,18,21,22)/b9-5+. The molecule has 0 aliphatic rings. The molecule has 120 valence electrons. The quantitative estimate of drug-likeness (QED) is 0.780. The van der Waals surface area contributed by atoms with Gasteiger partial charge in [0.05, 0.1) is 4.90 Å². The van der Waals surface area contributed by atoms with Gasteiger partial charge in [-0.1, -0.05) is 34.1 Å². The summed E-state index contributed by atoms with van der Waals surface area (Å²) in [6.07, 6.45) is 3.04. The van der Waals surface area contributed by atoms with E-state index < -0.39 is 10.0 Å². The molecule has 0 aromatic heterocycles. The molecule has 0 fully saturated rings. The number of halogens is 1. The van der Waals surface area contributed by atoms with Gasteiger partial charge in [-0.3, -0.25) is 4.79 Å². The summed E-state index contributed by atoms with van der Waals surface area (Å²) in [4.78, 5) is 11.9. The van der Waals surface area contributed by atoms with Crippen LogP contribution in [0.25, 0.3) is 6.08 Å². The number of primary sulfonamides is 1. The number of nitrogens with one attached hydrogen (secondary N) is 1. The first-order valence-corrected chi connectivity index (χ1v) is 8.98. The molecular weight excluding hydrogens is 380 g/mol. The molecule has 2 rings (SSSR count). The maximum atomic E-state index is 11.9. The molecule has 7 heteroatoms. The van der Waals surface area contributed by atoms with Crippen LogP contribution >= 0.6 is 15.9 Å². The first-order valence-electron chi connectivity index (χ1n) is 6.64. The van der Waals surface area contributed by atoms with Gasteiger partial charge in [-0.25, -0.2) is 13.6 Å². The van der Waals surface area contributed by atoms with Gasteiger partial charge in [-0.15, -0.1) is 0 Å². The Hall–Kier alpha value is -1.96. The lowest BCUT2D eigenvalue weighted by Gasteiger charge is -2.07. The van der Waals surface area contributed by atoms with Gasteiger partial charge in [-0.2, -0.15) is 0 Å². The Kier molecular flexibility index (Phi) is 5.35. The van der Waals surface area contributed by atoms with E-state index in [1.807, 2.05) is 24.3 Å². The van der Waals surface area contributed by atoms with E-state index in [0.717, 1.165) is 10.0 Å². The molecule has 2 aromatic carbocycles. The highest BCUT2D eigenvalue weighted by molar-refractivity contribution is 9.10. The van der Waals surface area contributed by atoms with Crippen molar-refractivity contribution in [1.82, 2.24) is 0 Å². The summed E-state index contributed by atoms with van der Waals surface area (Å²) in [5.74, 6) is -0.364. The number of carbonyl (C=O) groups excluding carboxylic acids is 1. The molecule has 1 amide bonds. The van der Waals surface area contributed by atoms with Crippen molar-refractivity contribution in [1.29, 1.82) is 0 Å². The second-order valence-electron chi connectivity index (χ2n) is 4.90. The molecule has 0 heterocycles. The number of sulfonamides is 1. The van der Waals surface area contributed by atoms with Gasteiger partial charge >= 0.3 is 0 Å². The lowest BCUT2D eigenvalue weighted by atomic mass is 10.2. The molecule has 0 saturated carbocycles. The van der Waals surface area contributed by atoms with Crippen molar-refractivity contribution >= 4 is 43.6 Å². The predicted octanol–water partition coefficient (Wildman–Crippen LogP) is 3.06. The molecule has 0 spiro atoms. The van der Waals surface area contributed by atoms with Crippen LogP contribution in [0.15, 0.2) is 57.9 Å². The lowest BCUT2D eigenvalue weighted by molar-refractivity contribution is -0.111. The predicted molar refractivity (Wildman–Crippen MR) is 94.4 cm³/mol.